The normalized spacial score (nSPS) is 16.5. The second-order valence-electron chi connectivity index (χ2n) is 6.64. The highest BCUT2D eigenvalue weighted by molar-refractivity contribution is 6.30. The molecule has 1 fully saturated rings. The third-order valence-corrected chi connectivity index (χ3v) is 5.10. The minimum Gasteiger partial charge on any atom is -0.329 e. The van der Waals surface area contributed by atoms with E-state index in [1.807, 2.05) is 24.4 Å². The van der Waals surface area contributed by atoms with Crippen molar-refractivity contribution in [3.63, 3.8) is 0 Å². The highest BCUT2D eigenvalue weighted by Gasteiger charge is 2.27. The van der Waals surface area contributed by atoms with Crippen LogP contribution in [0.4, 0.5) is 0 Å². The number of rotatable bonds is 5. The first kappa shape index (κ1) is 17.3. The Bertz CT molecular complexity index is 840. The molecule has 2 aromatic carbocycles. The third-order valence-electron chi connectivity index (χ3n) is 4.87. The van der Waals surface area contributed by atoms with Gasteiger partial charge in [-0.15, -0.1) is 0 Å². The molecule has 134 valence electrons. The van der Waals surface area contributed by atoms with Crippen molar-refractivity contribution in [3.05, 3.63) is 89.0 Å². The van der Waals surface area contributed by atoms with Crippen LogP contribution in [-0.4, -0.2) is 40.6 Å². The number of benzene rings is 2. The molecule has 5 heteroatoms. The van der Waals surface area contributed by atoms with Gasteiger partial charge in [0.25, 0.3) is 0 Å². The number of nitrogens with one attached hydrogen (secondary N) is 1. The van der Waals surface area contributed by atoms with Gasteiger partial charge in [-0.1, -0.05) is 54.1 Å². The van der Waals surface area contributed by atoms with Gasteiger partial charge >= 0.3 is 0 Å². The highest BCUT2D eigenvalue weighted by Crippen LogP contribution is 2.30. The molecule has 0 spiro atoms. The molecule has 4 rings (SSSR count). The number of nitrogens with zero attached hydrogens (tertiary/aromatic N) is 3. The summed E-state index contributed by atoms with van der Waals surface area (Å²) in [4.78, 5) is 7.24. The minimum absolute atomic E-state index is 0.106. The quantitative estimate of drug-likeness (QED) is 0.749. The lowest BCUT2D eigenvalue weighted by Crippen LogP contribution is -2.46. The number of piperazine rings is 1. The average Bonchev–Trinajstić information content (AvgIpc) is 3.11. The monoisotopic (exact) mass is 366 g/mol. The Balaban J connectivity index is 1.71. The van der Waals surface area contributed by atoms with Crippen LogP contribution in [0.15, 0.2) is 67.0 Å². The molecule has 4 nitrogen and oxygen atoms in total. The van der Waals surface area contributed by atoms with E-state index in [0.717, 1.165) is 43.6 Å². The fraction of sp³-hybridized carbons (Fsp3) is 0.286. The Morgan fingerprint density at radius 3 is 2.62 bits per heavy atom. The molecule has 1 aliphatic rings. The van der Waals surface area contributed by atoms with Crippen LogP contribution in [0.3, 0.4) is 0 Å². The molecule has 1 aliphatic heterocycles. The Hall–Kier alpha value is -2.14. The van der Waals surface area contributed by atoms with Crippen LogP contribution in [0.5, 0.6) is 0 Å². The number of halogens is 1. The van der Waals surface area contributed by atoms with Gasteiger partial charge in [0.15, 0.2) is 0 Å². The van der Waals surface area contributed by atoms with Gasteiger partial charge in [-0.05, 0) is 23.3 Å². The summed E-state index contributed by atoms with van der Waals surface area (Å²) in [5.74, 6) is 1.07. The summed E-state index contributed by atoms with van der Waals surface area (Å²) in [7, 11) is 0. The predicted octanol–water partition coefficient (Wildman–Crippen LogP) is 3.58. The van der Waals surface area contributed by atoms with Crippen LogP contribution in [-0.2, 0) is 6.54 Å². The predicted molar refractivity (Wildman–Crippen MR) is 106 cm³/mol. The Kier molecular flexibility index (Phi) is 5.34. The molecule has 3 aromatic rings. The summed E-state index contributed by atoms with van der Waals surface area (Å²) in [6, 6.07) is 18.8. The summed E-state index contributed by atoms with van der Waals surface area (Å²) in [5.41, 5.74) is 2.47. The van der Waals surface area contributed by atoms with Crippen LogP contribution in [0, 0.1) is 0 Å². The number of imidazole rings is 1. The SMILES string of the molecule is Clc1cccc(C(c2nccn2Cc2ccccc2)N2CCNCC2)c1. The fourth-order valence-corrected chi connectivity index (χ4v) is 3.82. The van der Waals surface area contributed by atoms with Gasteiger partial charge in [-0.3, -0.25) is 4.90 Å². The molecule has 0 bridgehead atoms. The molecule has 0 amide bonds. The van der Waals surface area contributed by atoms with Crippen molar-refractivity contribution in [2.75, 3.05) is 26.2 Å². The van der Waals surface area contributed by atoms with Crippen molar-refractivity contribution in [2.45, 2.75) is 12.6 Å². The molecule has 0 aliphatic carbocycles. The van der Waals surface area contributed by atoms with E-state index in [0.29, 0.717) is 0 Å². The Labute approximate surface area is 159 Å². The first-order valence-electron chi connectivity index (χ1n) is 9.06. The molecule has 1 saturated heterocycles. The maximum atomic E-state index is 6.30. The van der Waals surface area contributed by atoms with Crippen molar-refractivity contribution >= 4 is 11.6 Å². The van der Waals surface area contributed by atoms with E-state index in [1.54, 1.807) is 0 Å². The van der Waals surface area contributed by atoms with Gasteiger partial charge in [0.05, 0.1) is 6.04 Å². The van der Waals surface area contributed by atoms with Crippen LogP contribution in [0.25, 0.3) is 0 Å². The highest BCUT2D eigenvalue weighted by atomic mass is 35.5. The molecule has 2 heterocycles. The largest absolute Gasteiger partial charge is 0.329 e. The summed E-state index contributed by atoms with van der Waals surface area (Å²) >= 11 is 6.30. The zero-order valence-corrected chi connectivity index (χ0v) is 15.4. The van der Waals surface area contributed by atoms with E-state index in [9.17, 15) is 0 Å². The lowest BCUT2D eigenvalue weighted by atomic mass is 10.0. The summed E-state index contributed by atoms with van der Waals surface area (Å²) in [6.07, 6.45) is 3.97. The standard InChI is InChI=1S/C21H23ClN4/c22-19-8-4-7-18(15-19)20(25-12-9-23-10-13-25)21-24-11-14-26(21)16-17-5-2-1-3-6-17/h1-8,11,14-15,20,23H,9-10,12-13,16H2. The van der Waals surface area contributed by atoms with Crippen molar-refractivity contribution < 1.29 is 0 Å². The third kappa shape index (κ3) is 3.83. The van der Waals surface area contributed by atoms with Gasteiger partial charge in [0.1, 0.15) is 5.82 Å². The van der Waals surface area contributed by atoms with Crippen molar-refractivity contribution in [1.29, 1.82) is 0 Å². The van der Waals surface area contributed by atoms with Crippen molar-refractivity contribution in [2.24, 2.45) is 0 Å². The van der Waals surface area contributed by atoms with Gasteiger partial charge in [0, 0.05) is 50.1 Å². The fourth-order valence-electron chi connectivity index (χ4n) is 3.62. The minimum atomic E-state index is 0.106. The zero-order chi connectivity index (χ0) is 17.8. The lowest BCUT2D eigenvalue weighted by Gasteiger charge is -2.35. The van der Waals surface area contributed by atoms with Crippen LogP contribution in [0.1, 0.15) is 23.0 Å². The van der Waals surface area contributed by atoms with Gasteiger partial charge < -0.3 is 9.88 Å². The zero-order valence-electron chi connectivity index (χ0n) is 14.7. The molecule has 0 radical (unpaired) electrons. The number of aromatic nitrogens is 2. The van der Waals surface area contributed by atoms with E-state index in [1.165, 1.54) is 11.1 Å². The summed E-state index contributed by atoms with van der Waals surface area (Å²) in [5, 5.41) is 4.20. The van der Waals surface area contributed by atoms with Crippen molar-refractivity contribution in [1.82, 2.24) is 19.8 Å². The first-order valence-corrected chi connectivity index (χ1v) is 9.44. The average molecular weight is 367 g/mol. The molecule has 1 aromatic heterocycles. The summed E-state index contributed by atoms with van der Waals surface area (Å²) < 4.78 is 2.25. The maximum Gasteiger partial charge on any atom is 0.130 e. The molecular weight excluding hydrogens is 344 g/mol. The smallest absolute Gasteiger partial charge is 0.130 e. The second kappa shape index (κ2) is 8.04. The van der Waals surface area contributed by atoms with E-state index < -0.39 is 0 Å². The Morgan fingerprint density at radius 1 is 1.04 bits per heavy atom. The molecule has 1 atom stereocenters. The van der Waals surface area contributed by atoms with Gasteiger partial charge in [-0.25, -0.2) is 4.98 Å². The Morgan fingerprint density at radius 2 is 1.85 bits per heavy atom. The second-order valence-corrected chi connectivity index (χ2v) is 7.08. The van der Waals surface area contributed by atoms with Crippen LogP contribution in [0.2, 0.25) is 5.02 Å². The topological polar surface area (TPSA) is 33.1 Å². The maximum absolute atomic E-state index is 6.30. The van der Waals surface area contributed by atoms with E-state index in [4.69, 9.17) is 16.6 Å². The van der Waals surface area contributed by atoms with E-state index in [-0.39, 0.29) is 6.04 Å². The first-order chi connectivity index (χ1) is 12.8. The van der Waals surface area contributed by atoms with Crippen LogP contribution >= 0.6 is 11.6 Å². The molecular formula is C21H23ClN4. The van der Waals surface area contributed by atoms with Gasteiger partial charge in [-0.2, -0.15) is 0 Å². The number of hydrogen-bond acceptors (Lipinski definition) is 3. The molecule has 0 saturated carbocycles. The lowest BCUT2D eigenvalue weighted by molar-refractivity contribution is 0.189. The molecule has 26 heavy (non-hydrogen) atoms. The van der Waals surface area contributed by atoms with Crippen molar-refractivity contribution in [3.8, 4) is 0 Å². The molecule has 1 unspecified atom stereocenters. The summed E-state index contributed by atoms with van der Waals surface area (Å²) in [6.45, 7) is 4.80. The van der Waals surface area contributed by atoms with Crippen LogP contribution < -0.4 is 5.32 Å². The van der Waals surface area contributed by atoms with E-state index >= 15 is 0 Å². The van der Waals surface area contributed by atoms with Gasteiger partial charge in [0.2, 0.25) is 0 Å². The van der Waals surface area contributed by atoms with E-state index in [2.05, 4.69) is 57.4 Å². The molecule has 1 N–H and O–H groups in total. The number of hydrogen-bond donors (Lipinski definition) is 1.